The van der Waals surface area contributed by atoms with Crippen LogP contribution >= 0.6 is 0 Å². The van der Waals surface area contributed by atoms with Gasteiger partial charge in [0.05, 0.1) is 5.41 Å². The lowest BCUT2D eigenvalue weighted by atomic mass is 9.74. The maximum atomic E-state index is 14.1. The van der Waals surface area contributed by atoms with Gasteiger partial charge in [-0.2, -0.15) is 5.10 Å². The average molecular weight is 448 g/mol. The maximum Gasteiger partial charge on any atom is 0.274 e. The fraction of sp³-hybridized carbons (Fsp3) is 0.280. The summed E-state index contributed by atoms with van der Waals surface area (Å²) in [6, 6.07) is 16.7. The van der Waals surface area contributed by atoms with Gasteiger partial charge in [0.2, 0.25) is 5.91 Å². The molecule has 170 valence electrons. The fourth-order valence-corrected chi connectivity index (χ4v) is 4.49. The lowest BCUT2D eigenvalue weighted by Gasteiger charge is -2.41. The number of aromatic nitrogens is 2. The Kier molecular flexibility index (Phi) is 6.35. The Morgan fingerprint density at radius 2 is 1.88 bits per heavy atom. The first-order chi connectivity index (χ1) is 15.9. The van der Waals surface area contributed by atoms with Crippen LogP contribution < -0.4 is 10.9 Å². The highest BCUT2D eigenvalue weighted by atomic mass is 19.1. The number of aromatic amines is 1. The molecule has 7 nitrogen and oxygen atoms in total. The zero-order chi connectivity index (χ0) is 23.4. The third-order valence-corrected chi connectivity index (χ3v) is 6.15. The summed E-state index contributed by atoms with van der Waals surface area (Å²) in [5, 5.41) is 8.87. The number of carbonyl (C=O) groups excluding carboxylic acids is 2. The number of hydrogen-bond acceptors (Lipinski definition) is 4. The molecule has 33 heavy (non-hydrogen) atoms. The van der Waals surface area contributed by atoms with Crippen LogP contribution in [0.15, 0.2) is 65.5 Å². The molecular formula is C25H25FN4O3. The molecule has 0 bridgehead atoms. The third kappa shape index (κ3) is 4.69. The van der Waals surface area contributed by atoms with Crippen LogP contribution in [0, 0.1) is 11.2 Å². The van der Waals surface area contributed by atoms with Gasteiger partial charge in [0.25, 0.3) is 11.5 Å². The molecule has 1 saturated heterocycles. The quantitative estimate of drug-likeness (QED) is 0.628. The van der Waals surface area contributed by atoms with Gasteiger partial charge < -0.3 is 10.2 Å². The first-order valence-corrected chi connectivity index (χ1v) is 10.8. The molecule has 0 unspecified atom stereocenters. The van der Waals surface area contributed by atoms with Crippen LogP contribution in [0.25, 0.3) is 11.1 Å². The van der Waals surface area contributed by atoms with Crippen LogP contribution in [0.4, 0.5) is 4.39 Å². The Hall–Kier alpha value is -3.81. The second kappa shape index (κ2) is 9.36. The number of hydrogen-bond donors (Lipinski definition) is 2. The summed E-state index contributed by atoms with van der Waals surface area (Å²) in [4.78, 5) is 38.9. The van der Waals surface area contributed by atoms with Crippen LogP contribution in [0.5, 0.6) is 0 Å². The Morgan fingerprint density at radius 3 is 2.55 bits per heavy atom. The molecule has 1 fully saturated rings. The van der Waals surface area contributed by atoms with Gasteiger partial charge in [-0.05, 0) is 42.5 Å². The number of amides is 2. The van der Waals surface area contributed by atoms with E-state index >= 15 is 0 Å². The Labute approximate surface area is 190 Å². The lowest BCUT2D eigenvalue weighted by molar-refractivity contribution is -0.133. The van der Waals surface area contributed by atoms with E-state index in [0.717, 1.165) is 11.1 Å². The van der Waals surface area contributed by atoms with Crippen molar-refractivity contribution in [2.24, 2.45) is 5.41 Å². The van der Waals surface area contributed by atoms with Crippen molar-refractivity contribution in [3.8, 4) is 11.1 Å². The highest BCUT2D eigenvalue weighted by molar-refractivity contribution is 5.93. The minimum Gasteiger partial charge on any atom is -0.359 e. The molecular weight excluding hydrogens is 423 g/mol. The predicted molar refractivity (Wildman–Crippen MR) is 122 cm³/mol. The smallest absolute Gasteiger partial charge is 0.274 e. The van der Waals surface area contributed by atoms with Crippen molar-refractivity contribution >= 4 is 11.8 Å². The van der Waals surface area contributed by atoms with Crippen LogP contribution in [0.1, 0.15) is 28.9 Å². The number of nitrogens with zero attached hydrogens (tertiary/aromatic N) is 2. The summed E-state index contributed by atoms with van der Waals surface area (Å²) in [6.07, 6.45) is 1.73. The molecule has 3 aromatic rings. The largest absolute Gasteiger partial charge is 0.359 e. The van der Waals surface area contributed by atoms with Gasteiger partial charge in [-0.1, -0.05) is 42.5 Å². The van der Waals surface area contributed by atoms with Crippen molar-refractivity contribution in [3.63, 3.8) is 0 Å². The summed E-state index contributed by atoms with van der Waals surface area (Å²) < 4.78 is 14.1. The van der Waals surface area contributed by atoms with Crippen molar-refractivity contribution < 1.29 is 14.0 Å². The Bertz CT molecular complexity index is 1200. The van der Waals surface area contributed by atoms with Crippen LogP contribution in [-0.4, -0.2) is 47.0 Å². The van der Waals surface area contributed by atoms with Gasteiger partial charge in [0.15, 0.2) is 0 Å². The zero-order valence-electron chi connectivity index (χ0n) is 18.3. The van der Waals surface area contributed by atoms with E-state index in [1.807, 2.05) is 24.3 Å². The summed E-state index contributed by atoms with van der Waals surface area (Å²) in [6.45, 7) is 0.742. The van der Waals surface area contributed by atoms with Gasteiger partial charge >= 0.3 is 0 Å². The zero-order valence-corrected chi connectivity index (χ0v) is 18.3. The highest BCUT2D eigenvalue weighted by Gasteiger charge is 2.43. The van der Waals surface area contributed by atoms with Gasteiger partial charge in [0, 0.05) is 31.8 Å². The lowest BCUT2D eigenvalue weighted by Crippen LogP contribution is -2.54. The first kappa shape index (κ1) is 22.4. The van der Waals surface area contributed by atoms with Gasteiger partial charge in [-0.3, -0.25) is 14.4 Å². The Balaban J connectivity index is 1.58. The van der Waals surface area contributed by atoms with Gasteiger partial charge in [0.1, 0.15) is 11.5 Å². The van der Waals surface area contributed by atoms with Crippen LogP contribution in [0.2, 0.25) is 0 Å². The monoisotopic (exact) mass is 448 g/mol. The van der Waals surface area contributed by atoms with Crippen molar-refractivity contribution in [2.75, 3.05) is 20.1 Å². The molecule has 2 heterocycles. The average Bonchev–Trinajstić information content (AvgIpc) is 2.84. The molecule has 1 aliphatic rings. The summed E-state index contributed by atoms with van der Waals surface area (Å²) >= 11 is 0. The molecule has 8 heteroatoms. The molecule has 0 aliphatic carbocycles. The van der Waals surface area contributed by atoms with Gasteiger partial charge in [-0.25, -0.2) is 9.49 Å². The fourth-order valence-electron chi connectivity index (χ4n) is 4.49. The summed E-state index contributed by atoms with van der Waals surface area (Å²) in [7, 11) is 1.59. The van der Waals surface area contributed by atoms with E-state index in [4.69, 9.17) is 0 Å². The number of halogens is 1. The molecule has 0 saturated carbocycles. The molecule has 2 amide bonds. The van der Waals surface area contributed by atoms with Crippen molar-refractivity contribution in [3.05, 3.63) is 88.1 Å². The van der Waals surface area contributed by atoms with E-state index < -0.39 is 5.41 Å². The number of piperidine rings is 1. The second-order valence-corrected chi connectivity index (χ2v) is 8.35. The molecule has 2 aromatic carbocycles. The molecule has 1 atom stereocenters. The van der Waals surface area contributed by atoms with E-state index in [-0.39, 0.29) is 35.4 Å². The number of H-pyrrole nitrogens is 1. The van der Waals surface area contributed by atoms with E-state index in [1.54, 1.807) is 30.1 Å². The maximum absolute atomic E-state index is 14.1. The van der Waals surface area contributed by atoms with Crippen LogP contribution in [-0.2, 0) is 11.2 Å². The van der Waals surface area contributed by atoms with Crippen LogP contribution in [0.3, 0.4) is 0 Å². The molecule has 0 spiro atoms. The number of carbonyl (C=O) groups is 2. The molecule has 1 aromatic heterocycles. The van der Waals surface area contributed by atoms with E-state index in [0.29, 0.717) is 31.4 Å². The number of rotatable bonds is 5. The highest BCUT2D eigenvalue weighted by Crippen LogP contribution is 2.35. The summed E-state index contributed by atoms with van der Waals surface area (Å²) in [5.41, 5.74) is 1.16. The normalized spacial score (nSPS) is 18.1. The number of benzene rings is 2. The topological polar surface area (TPSA) is 95.2 Å². The molecule has 4 rings (SSSR count). The van der Waals surface area contributed by atoms with E-state index in [2.05, 4.69) is 15.5 Å². The SMILES string of the molecule is CNC(=O)[C@@]1(Cc2ccc(-c3ccccc3F)cc2)CCCN(C(=O)c2ccc(=O)[nH]n2)C1. The molecule has 2 N–H and O–H groups in total. The van der Waals surface area contributed by atoms with E-state index in [1.165, 1.54) is 18.2 Å². The summed E-state index contributed by atoms with van der Waals surface area (Å²) in [5.74, 6) is -0.744. The number of nitrogens with one attached hydrogen (secondary N) is 2. The number of likely N-dealkylation sites (tertiary alicyclic amines) is 1. The third-order valence-electron chi connectivity index (χ3n) is 6.15. The molecule has 1 aliphatic heterocycles. The second-order valence-electron chi connectivity index (χ2n) is 8.35. The standard InChI is InChI=1S/C25H25FN4O3/c1-27-24(33)25(13-4-14-30(16-25)23(32)21-11-12-22(31)29-28-21)15-17-7-9-18(10-8-17)19-5-2-3-6-20(19)26/h2-3,5-12H,4,13-16H2,1H3,(H,27,33)(H,29,31)/t25-/m1/s1. The first-order valence-electron chi connectivity index (χ1n) is 10.8. The van der Waals surface area contributed by atoms with Crippen molar-refractivity contribution in [2.45, 2.75) is 19.3 Å². The van der Waals surface area contributed by atoms with E-state index in [9.17, 15) is 18.8 Å². The van der Waals surface area contributed by atoms with Crippen molar-refractivity contribution in [1.82, 2.24) is 20.4 Å². The minimum atomic E-state index is -0.801. The van der Waals surface area contributed by atoms with Gasteiger partial charge in [-0.15, -0.1) is 0 Å². The van der Waals surface area contributed by atoms with Crippen molar-refractivity contribution in [1.29, 1.82) is 0 Å². The molecule has 0 radical (unpaired) electrons. The minimum absolute atomic E-state index is 0.132. The Morgan fingerprint density at radius 1 is 1.12 bits per heavy atom. The predicted octanol–water partition coefficient (Wildman–Crippen LogP) is 2.79.